The van der Waals surface area contributed by atoms with Gasteiger partial charge in [0.25, 0.3) is 0 Å². The second-order valence-corrected chi connectivity index (χ2v) is 8.61. The van der Waals surface area contributed by atoms with Gasteiger partial charge in [-0.3, -0.25) is 4.79 Å². The number of rotatable bonds is 3. The summed E-state index contributed by atoms with van der Waals surface area (Å²) in [5.41, 5.74) is 4.06. The van der Waals surface area contributed by atoms with Crippen LogP contribution in [0.3, 0.4) is 0 Å². The first-order chi connectivity index (χ1) is 16.2. The van der Waals surface area contributed by atoms with E-state index in [9.17, 15) is 22.4 Å². The topological polar surface area (TPSA) is 107 Å². The van der Waals surface area contributed by atoms with Crippen LogP contribution in [0.4, 0.5) is 23.4 Å². The van der Waals surface area contributed by atoms with E-state index >= 15 is 0 Å². The highest BCUT2D eigenvalue weighted by atomic mass is 19.4. The Kier molecular flexibility index (Phi) is 6.72. The molecule has 1 unspecified atom stereocenters. The van der Waals surface area contributed by atoms with Gasteiger partial charge >= 0.3 is 12.1 Å². The standard InChI is InChI=1S/C12H7F4N5.C11H18O2/c13-8-1-7(12(14,15)16)9(21-10(8)17)5-3-19-11-6(5)2-18-4-20-11;1-2-13-11(12)10-7-8-3-5-9(10)6-4-8/h1-4H,(H2,17,21)(H,18,19,20);8-10H,2-7H2,1H3. The van der Waals surface area contributed by atoms with Gasteiger partial charge in [-0.15, -0.1) is 0 Å². The molecule has 1 atom stereocenters. The van der Waals surface area contributed by atoms with E-state index in [4.69, 9.17) is 10.5 Å². The largest absolute Gasteiger partial charge is 0.466 e. The summed E-state index contributed by atoms with van der Waals surface area (Å²) < 4.78 is 57.6. The molecule has 0 aromatic carbocycles. The molecule has 3 aliphatic rings. The predicted octanol–water partition coefficient (Wildman–Crippen LogP) is 5.14. The fourth-order valence-electron chi connectivity index (χ4n) is 4.90. The summed E-state index contributed by atoms with van der Waals surface area (Å²) >= 11 is 0. The summed E-state index contributed by atoms with van der Waals surface area (Å²) in [6, 6.07) is 0.334. The molecule has 3 aromatic rings. The molecule has 0 radical (unpaired) electrons. The van der Waals surface area contributed by atoms with Crippen LogP contribution >= 0.6 is 0 Å². The number of alkyl halides is 3. The van der Waals surface area contributed by atoms with Crippen LogP contribution in [0.1, 0.15) is 44.6 Å². The van der Waals surface area contributed by atoms with Crippen LogP contribution < -0.4 is 5.73 Å². The van der Waals surface area contributed by atoms with E-state index in [1.807, 2.05) is 6.92 Å². The van der Waals surface area contributed by atoms with E-state index in [0.717, 1.165) is 12.3 Å². The van der Waals surface area contributed by atoms with Gasteiger partial charge in [-0.25, -0.2) is 19.3 Å². The monoisotopic (exact) mass is 479 g/mol. The number of aromatic nitrogens is 4. The van der Waals surface area contributed by atoms with Crippen molar-refractivity contribution in [1.82, 2.24) is 19.9 Å². The van der Waals surface area contributed by atoms with Crippen LogP contribution in [0.2, 0.25) is 0 Å². The average Bonchev–Trinajstić information content (AvgIpc) is 3.25. The molecule has 0 aliphatic heterocycles. The van der Waals surface area contributed by atoms with Crippen LogP contribution in [-0.4, -0.2) is 32.5 Å². The zero-order chi connectivity index (χ0) is 24.5. The molecule has 3 heterocycles. The van der Waals surface area contributed by atoms with Crippen LogP contribution in [0.25, 0.3) is 22.3 Å². The smallest absolute Gasteiger partial charge is 0.418 e. The Hall–Kier alpha value is -3.24. The number of aromatic amines is 1. The molecular formula is C23H25F4N5O2. The lowest BCUT2D eigenvalue weighted by Gasteiger charge is -2.40. The van der Waals surface area contributed by atoms with Crippen molar-refractivity contribution < 1.29 is 27.1 Å². The van der Waals surface area contributed by atoms with Gasteiger partial charge in [-0.1, -0.05) is 12.8 Å². The number of hydrogen-bond acceptors (Lipinski definition) is 6. The van der Waals surface area contributed by atoms with Gasteiger partial charge in [0.15, 0.2) is 11.6 Å². The van der Waals surface area contributed by atoms with E-state index in [1.165, 1.54) is 44.4 Å². The number of halogens is 4. The molecule has 34 heavy (non-hydrogen) atoms. The number of nitrogens with zero attached hydrogens (tertiary/aromatic N) is 3. The first-order valence-corrected chi connectivity index (χ1v) is 11.2. The number of nitrogens with two attached hydrogens (primary N) is 1. The number of nitrogens with one attached hydrogen (secondary N) is 1. The first kappa shape index (κ1) is 23.9. The van der Waals surface area contributed by atoms with Crippen molar-refractivity contribution in [3.63, 3.8) is 0 Å². The fraction of sp³-hybridized carbons (Fsp3) is 0.478. The number of hydrogen-bond donors (Lipinski definition) is 2. The summed E-state index contributed by atoms with van der Waals surface area (Å²) in [5.74, 6) is -0.0563. The molecule has 182 valence electrons. The van der Waals surface area contributed by atoms with Gasteiger partial charge in [0.05, 0.1) is 23.8 Å². The van der Waals surface area contributed by atoms with Gasteiger partial charge in [-0.05, 0) is 44.1 Å². The SMILES string of the molecule is CCOC(=O)C1CC2CCC1CC2.Nc1nc(-c2c[nH]c3ncncc23)c(C(F)(F)F)cc1F. The molecule has 6 rings (SSSR count). The predicted molar refractivity (Wildman–Crippen MR) is 117 cm³/mol. The zero-order valence-electron chi connectivity index (χ0n) is 18.5. The van der Waals surface area contributed by atoms with E-state index in [2.05, 4.69) is 19.9 Å². The van der Waals surface area contributed by atoms with Crippen LogP contribution in [0.5, 0.6) is 0 Å². The van der Waals surface area contributed by atoms with E-state index < -0.39 is 29.1 Å². The lowest BCUT2D eigenvalue weighted by molar-refractivity contribution is -0.153. The summed E-state index contributed by atoms with van der Waals surface area (Å²) in [6.07, 6.45) is 5.44. The van der Waals surface area contributed by atoms with E-state index in [-0.39, 0.29) is 17.5 Å². The van der Waals surface area contributed by atoms with Crippen LogP contribution in [-0.2, 0) is 15.7 Å². The highest BCUT2D eigenvalue weighted by molar-refractivity contribution is 5.93. The van der Waals surface area contributed by atoms with Gasteiger partial charge in [0, 0.05) is 23.3 Å². The Morgan fingerprint density at radius 1 is 1.26 bits per heavy atom. The zero-order valence-corrected chi connectivity index (χ0v) is 18.5. The number of esters is 1. The van der Waals surface area contributed by atoms with Crippen molar-refractivity contribution in [3.8, 4) is 11.3 Å². The molecular weight excluding hydrogens is 454 g/mol. The Labute approximate surface area is 193 Å². The average molecular weight is 479 g/mol. The highest BCUT2D eigenvalue weighted by Gasteiger charge is 2.40. The Morgan fingerprint density at radius 3 is 2.62 bits per heavy atom. The molecule has 3 fully saturated rings. The first-order valence-electron chi connectivity index (χ1n) is 11.2. The third kappa shape index (κ3) is 4.83. The number of pyridine rings is 1. The van der Waals surface area contributed by atoms with Crippen molar-refractivity contribution in [2.45, 2.75) is 45.2 Å². The second-order valence-electron chi connectivity index (χ2n) is 8.61. The normalized spacial score (nSPS) is 21.7. The number of anilines is 1. The van der Waals surface area contributed by atoms with Crippen molar-refractivity contribution in [1.29, 1.82) is 0 Å². The fourth-order valence-corrected chi connectivity index (χ4v) is 4.90. The highest BCUT2D eigenvalue weighted by Crippen LogP contribution is 2.45. The number of carbonyl (C=O) groups excluding carboxylic acids is 1. The van der Waals surface area contributed by atoms with Crippen molar-refractivity contribution in [2.24, 2.45) is 17.8 Å². The van der Waals surface area contributed by atoms with Crippen LogP contribution in [0.15, 0.2) is 24.8 Å². The van der Waals surface area contributed by atoms with Gasteiger partial charge in [0.2, 0.25) is 0 Å². The third-order valence-corrected chi connectivity index (χ3v) is 6.56. The number of nitrogen functional groups attached to an aromatic ring is 1. The van der Waals surface area contributed by atoms with Gasteiger partial charge < -0.3 is 15.5 Å². The molecule has 3 aliphatic carbocycles. The van der Waals surface area contributed by atoms with E-state index in [0.29, 0.717) is 29.6 Å². The van der Waals surface area contributed by atoms with E-state index in [1.54, 1.807) is 0 Å². The summed E-state index contributed by atoms with van der Waals surface area (Å²) in [6.45, 7) is 2.42. The number of carbonyl (C=O) groups is 1. The van der Waals surface area contributed by atoms with Crippen molar-refractivity contribution >= 4 is 22.8 Å². The molecule has 2 bridgehead atoms. The number of ether oxygens (including phenoxy) is 1. The minimum Gasteiger partial charge on any atom is -0.466 e. The maximum absolute atomic E-state index is 13.3. The summed E-state index contributed by atoms with van der Waals surface area (Å²) in [7, 11) is 0. The molecule has 3 aromatic heterocycles. The summed E-state index contributed by atoms with van der Waals surface area (Å²) in [5, 5.41) is 0.335. The molecule has 11 heteroatoms. The van der Waals surface area contributed by atoms with Crippen LogP contribution in [0, 0.1) is 23.6 Å². The number of H-pyrrole nitrogens is 1. The lowest BCUT2D eigenvalue weighted by atomic mass is 9.65. The van der Waals surface area contributed by atoms with Gasteiger partial charge in [0.1, 0.15) is 12.0 Å². The van der Waals surface area contributed by atoms with Crippen molar-refractivity contribution in [2.75, 3.05) is 12.3 Å². The third-order valence-electron chi connectivity index (χ3n) is 6.56. The minimum absolute atomic E-state index is 0.0666. The number of fused-ring (bicyclic) bond motifs is 4. The maximum atomic E-state index is 13.3. The molecule has 3 saturated carbocycles. The molecule has 0 amide bonds. The Morgan fingerprint density at radius 2 is 2.00 bits per heavy atom. The molecule has 0 spiro atoms. The second kappa shape index (κ2) is 9.55. The van der Waals surface area contributed by atoms with Crippen molar-refractivity contribution in [3.05, 3.63) is 36.2 Å². The quantitative estimate of drug-likeness (QED) is 0.398. The Balaban J connectivity index is 0.000000180. The minimum atomic E-state index is -4.77. The summed E-state index contributed by atoms with van der Waals surface area (Å²) in [4.78, 5) is 25.4. The Bertz CT molecular complexity index is 1170. The maximum Gasteiger partial charge on any atom is 0.418 e. The van der Waals surface area contributed by atoms with Gasteiger partial charge in [-0.2, -0.15) is 13.2 Å². The molecule has 0 saturated heterocycles. The molecule has 3 N–H and O–H groups in total. The lowest BCUT2D eigenvalue weighted by Crippen LogP contribution is -2.36. The molecule has 7 nitrogen and oxygen atoms in total.